The molecule has 0 saturated carbocycles. The fourth-order valence-electron chi connectivity index (χ4n) is 3.18. The number of nitrogens with one attached hydrogen (secondary N) is 1. The largest absolute Gasteiger partial charge is 0.465 e. The molecular formula is C21H19N3O4S2. The average molecular weight is 442 g/mol. The number of fused-ring (bicyclic) bond motifs is 1. The van der Waals surface area contributed by atoms with Crippen LogP contribution >= 0.6 is 23.1 Å². The zero-order valence-corrected chi connectivity index (χ0v) is 17.8. The molecule has 0 bridgehead atoms. The smallest absolute Gasteiger partial charge is 0.341 e. The van der Waals surface area contributed by atoms with Gasteiger partial charge in [-0.05, 0) is 36.5 Å². The summed E-state index contributed by atoms with van der Waals surface area (Å²) in [6.07, 6.45) is 6.38. The van der Waals surface area contributed by atoms with Crippen molar-refractivity contribution in [3.05, 3.63) is 57.8 Å². The Bertz CT molecular complexity index is 1090. The van der Waals surface area contributed by atoms with E-state index >= 15 is 0 Å². The van der Waals surface area contributed by atoms with Gasteiger partial charge in [0.15, 0.2) is 0 Å². The quantitative estimate of drug-likeness (QED) is 0.431. The number of thioether (sulfide) groups is 1. The molecule has 30 heavy (non-hydrogen) atoms. The third kappa shape index (κ3) is 4.63. The van der Waals surface area contributed by atoms with E-state index in [1.807, 2.05) is 36.4 Å². The Morgan fingerprint density at radius 2 is 2.07 bits per heavy atom. The summed E-state index contributed by atoms with van der Waals surface area (Å²) in [6.45, 7) is 0. The molecule has 2 heterocycles. The maximum Gasteiger partial charge on any atom is 0.341 e. The van der Waals surface area contributed by atoms with Crippen LogP contribution in [0.4, 0.5) is 5.00 Å². The molecule has 1 N–H and O–H groups in total. The van der Waals surface area contributed by atoms with Gasteiger partial charge in [-0.25, -0.2) is 4.79 Å². The second kappa shape index (κ2) is 9.27. The number of carbonyl (C=O) groups excluding carboxylic acids is 2. The lowest BCUT2D eigenvalue weighted by molar-refractivity contribution is -0.113. The number of nitrogens with zero attached hydrogens (tertiary/aromatic N) is 2. The van der Waals surface area contributed by atoms with Gasteiger partial charge in [-0.2, -0.15) is 0 Å². The number of esters is 1. The van der Waals surface area contributed by atoms with Crippen molar-refractivity contribution in [2.75, 3.05) is 18.2 Å². The van der Waals surface area contributed by atoms with E-state index in [0.29, 0.717) is 21.7 Å². The van der Waals surface area contributed by atoms with Crippen LogP contribution in [0.5, 0.6) is 0 Å². The summed E-state index contributed by atoms with van der Waals surface area (Å²) >= 11 is 2.59. The highest BCUT2D eigenvalue weighted by atomic mass is 32.2. The minimum absolute atomic E-state index is 0.0905. The van der Waals surface area contributed by atoms with E-state index < -0.39 is 5.97 Å². The zero-order chi connectivity index (χ0) is 20.9. The second-order valence-corrected chi connectivity index (χ2v) is 8.57. The topological polar surface area (TPSA) is 94.3 Å². The zero-order valence-electron chi connectivity index (χ0n) is 16.2. The number of ether oxygens (including phenoxy) is 1. The third-order valence-electron chi connectivity index (χ3n) is 4.53. The van der Waals surface area contributed by atoms with Crippen molar-refractivity contribution in [3.8, 4) is 0 Å². The normalized spacial score (nSPS) is 12.8. The van der Waals surface area contributed by atoms with Crippen LogP contribution < -0.4 is 5.32 Å². The van der Waals surface area contributed by atoms with E-state index in [-0.39, 0.29) is 11.7 Å². The van der Waals surface area contributed by atoms with Gasteiger partial charge < -0.3 is 14.5 Å². The number of amides is 1. The highest BCUT2D eigenvalue weighted by Crippen LogP contribution is 2.39. The number of anilines is 1. The van der Waals surface area contributed by atoms with Crippen molar-refractivity contribution in [3.63, 3.8) is 0 Å². The first-order valence-electron chi connectivity index (χ1n) is 9.36. The lowest BCUT2D eigenvalue weighted by Crippen LogP contribution is -2.16. The van der Waals surface area contributed by atoms with Crippen molar-refractivity contribution >= 4 is 52.1 Å². The van der Waals surface area contributed by atoms with Crippen molar-refractivity contribution in [2.24, 2.45) is 0 Å². The Kier molecular flexibility index (Phi) is 6.29. The molecule has 9 heteroatoms. The Hall–Kier alpha value is -2.91. The average Bonchev–Trinajstić information content (AvgIpc) is 3.47. The van der Waals surface area contributed by atoms with Crippen LogP contribution in [0.2, 0.25) is 0 Å². The van der Waals surface area contributed by atoms with E-state index in [9.17, 15) is 9.59 Å². The molecule has 0 radical (unpaired) electrons. The molecular weight excluding hydrogens is 422 g/mol. The number of methoxy groups -OCH3 is 1. The van der Waals surface area contributed by atoms with E-state index in [2.05, 4.69) is 15.5 Å². The molecule has 7 nitrogen and oxygen atoms in total. The molecule has 154 valence electrons. The fourth-order valence-corrected chi connectivity index (χ4v) is 5.04. The van der Waals surface area contributed by atoms with E-state index in [4.69, 9.17) is 9.15 Å². The molecule has 0 spiro atoms. The Balaban J connectivity index is 1.35. The van der Waals surface area contributed by atoms with Gasteiger partial charge in [-0.15, -0.1) is 21.5 Å². The van der Waals surface area contributed by atoms with Gasteiger partial charge in [0.1, 0.15) is 5.00 Å². The number of aryl methyl sites for hydroxylation is 1. The summed E-state index contributed by atoms with van der Waals surface area (Å²) in [5.41, 5.74) is 2.51. The molecule has 1 aliphatic carbocycles. The fraction of sp³-hybridized carbons (Fsp3) is 0.238. The van der Waals surface area contributed by atoms with Crippen LogP contribution in [0.3, 0.4) is 0 Å². The lowest BCUT2D eigenvalue weighted by atomic mass is 10.1. The van der Waals surface area contributed by atoms with Gasteiger partial charge in [0.05, 0.1) is 18.4 Å². The van der Waals surface area contributed by atoms with E-state index in [1.54, 1.807) is 6.08 Å². The molecule has 4 rings (SSSR count). The van der Waals surface area contributed by atoms with Crippen molar-refractivity contribution in [1.29, 1.82) is 0 Å². The number of thiophene rings is 1. The van der Waals surface area contributed by atoms with Crippen LogP contribution in [0.1, 0.15) is 38.7 Å². The summed E-state index contributed by atoms with van der Waals surface area (Å²) in [6, 6.07) is 9.77. The number of hydrogen-bond acceptors (Lipinski definition) is 8. The Labute approximate surface area is 181 Å². The van der Waals surface area contributed by atoms with Crippen LogP contribution in [0.25, 0.3) is 12.2 Å². The second-order valence-electron chi connectivity index (χ2n) is 6.54. The van der Waals surface area contributed by atoms with Crippen LogP contribution in [-0.2, 0) is 22.4 Å². The van der Waals surface area contributed by atoms with Gasteiger partial charge in [-0.3, -0.25) is 4.79 Å². The molecule has 3 aromatic rings. The van der Waals surface area contributed by atoms with Crippen molar-refractivity contribution < 1.29 is 18.7 Å². The standard InChI is InChI=1S/C21H19N3O4S2/c1-27-20(26)18-14-8-5-9-15(14)30-19(18)22-16(25)12-29-21-24-23-17(28-21)11-10-13-6-3-2-4-7-13/h2-4,6-7,10-11H,5,8-9,12H2,1H3,(H,22,25)/b11-10+. The molecule has 0 fully saturated rings. The number of hydrogen-bond donors (Lipinski definition) is 1. The van der Waals surface area contributed by atoms with Crippen molar-refractivity contribution in [1.82, 2.24) is 10.2 Å². The summed E-state index contributed by atoms with van der Waals surface area (Å²) in [7, 11) is 1.35. The molecule has 1 aliphatic rings. The highest BCUT2D eigenvalue weighted by molar-refractivity contribution is 7.99. The monoisotopic (exact) mass is 441 g/mol. The van der Waals surface area contributed by atoms with Crippen LogP contribution in [0.15, 0.2) is 40.0 Å². The highest BCUT2D eigenvalue weighted by Gasteiger charge is 2.28. The molecule has 2 aromatic heterocycles. The van der Waals surface area contributed by atoms with Gasteiger partial charge in [0.25, 0.3) is 5.22 Å². The first-order chi connectivity index (χ1) is 14.6. The maximum absolute atomic E-state index is 12.4. The molecule has 0 aliphatic heterocycles. The minimum atomic E-state index is -0.413. The van der Waals surface area contributed by atoms with Gasteiger partial charge in [0, 0.05) is 11.0 Å². The SMILES string of the molecule is COC(=O)c1c(NC(=O)CSc2nnc(/C=C/c3ccccc3)o2)sc2c1CCC2. The number of benzene rings is 1. The van der Waals surface area contributed by atoms with E-state index in [0.717, 1.165) is 47.0 Å². The number of aromatic nitrogens is 2. The van der Waals surface area contributed by atoms with Gasteiger partial charge in [-0.1, -0.05) is 42.1 Å². The molecule has 0 atom stereocenters. The molecule has 1 amide bonds. The Morgan fingerprint density at radius 1 is 1.23 bits per heavy atom. The summed E-state index contributed by atoms with van der Waals surface area (Å²) in [5.74, 6) is -0.203. The van der Waals surface area contributed by atoms with Gasteiger partial charge >= 0.3 is 5.97 Å². The minimum Gasteiger partial charge on any atom is -0.465 e. The predicted molar refractivity (Wildman–Crippen MR) is 117 cm³/mol. The Morgan fingerprint density at radius 3 is 2.87 bits per heavy atom. The van der Waals surface area contributed by atoms with E-state index in [1.165, 1.54) is 18.4 Å². The number of carbonyl (C=O) groups is 2. The van der Waals surface area contributed by atoms with Crippen molar-refractivity contribution in [2.45, 2.75) is 24.5 Å². The molecule has 0 unspecified atom stereocenters. The third-order valence-corrected chi connectivity index (χ3v) is 6.56. The van der Waals surface area contributed by atoms with Crippen LogP contribution in [0, 0.1) is 0 Å². The summed E-state index contributed by atoms with van der Waals surface area (Å²) in [4.78, 5) is 25.7. The summed E-state index contributed by atoms with van der Waals surface area (Å²) in [5, 5.41) is 11.6. The first kappa shape index (κ1) is 20.4. The predicted octanol–water partition coefficient (Wildman–Crippen LogP) is 4.31. The molecule has 0 saturated heterocycles. The first-order valence-corrected chi connectivity index (χ1v) is 11.2. The lowest BCUT2D eigenvalue weighted by Gasteiger charge is -2.06. The maximum atomic E-state index is 12.4. The van der Waals surface area contributed by atoms with Gasteiger partial charge in [0.2, 0.25) is 11.8 Å². The van der Waals surface area contributed by atoms with Crippen LogP contribution in [-0.4, -0.2) is 34.9 Å². The summed E-state index contributed by atoms with van der Waals surface area (Å²) < 4.78 is 10.4. The molecule has 1 aromatic carbocycles. The number of rotatable bonds is 7.